The van der Waals surface area contributed by atoms with Crippen molar-refractivity contribution in [1.82, 2.24) is 10.2 Å². The van der Waals surface area contributed by atoms with Gasteiger partial charge in [-0.1, -0.05) is 51.1 Å². The average Bonchev–Trinajstić information content (AvgIpc) is 2.55. The van der Waals surface area contributed by atoms with Gasteiger partial charge in [-0.05, 0) is 44.2 Å². The second-order valence-corrected chi connectivity index (χ2v) is 6.79. The molecular formula is C19H32N2. The van der Waals surface area contributed by atoms with Crippen LogP contribution in [0.3, 0.4) is 0 Å². The predicted octanol–water partition coefficient (Wildman–Crippen LogP) is 4.03. The molecule has 0 aromatic heterocycles. The Labute approximate surface area is 130 Å². The number of rotatable bonds is 6. The van der Waals surface area contributed by atoms with Gasteiger partial charge in [0.1, 0.15) is 0 Å². The van der Waals surface area contributed by atoms with Gasteiger partial charge in [0, 0.05) is 24.7 Å². The van der Waals surface area contributed by atoms with Crippen LogP contribution in [0.25, 0.3) is 0 Å². The number of nitrogens with one attached hydrogen (secondary N) is 1. The number of hydrogen-bond acceptors (Lipinski definition) is 2. The standard InChI is InChI=1S/C19H32N2/c1-5-19(6-2)15-21(17(4)14-20-19)13-12-16(3)18-10-8-7-9-11-18/h7-11,16-17,20H,5-6,12-15H2,1-4H3. The highest BCUT2D eigenvalue weighted by Crippen LogP contribution is 2.25. The van der Waals surface area contributed by atoms with E-state index in [0.717, 1.165) is 6.54 Å². The second-order valence-electron chi connectivity index (χ2n) is 6.79. The molecule has 1 saturated heterocycles. The summed E-state index contributed by atoms with van der Waals surface area (Å²) in [6.45, 7) is 12.9. The summed E-state index contributed by atoms with van der Waals surface area (Å²) in [5.74, 6) is 0.644. The van der Waals surface area contributed by atoms with E-state index < -0.39 is 0 Å². The van der Waals surface area contributed by atoms with E-state index in [1.54, 1.807) is 0 Å². The molecule has 21 heavy (non-hydrogen) atoms. The molecule has 1 aliphatic heterocycles. The van der Waals surface area contributed by atoms with E-state index in [9.17, 15) is 0 Å². The fourth-order valence-electron chi connectivity index (χ4n) is 3.42. The molecule has 2 nitrogen and oxygen atoms in total. The zero-order valence-corrected chi connectivity index (χ0v) is 14.2. The minimum Gasteiger partial charge on any atom is -0.308 e. The lowest BCUT2D eigenvalue weighted by Gasteiger charge is -2.47. The maximum absolute atomic E-state index is 3.79. The molecular weight excluding hydrogens is 256 g/mol. The van der Waals surface area contributed by atoms with Crippen molar-refractivity contribution in [1.29, 1.82) is 0 Å². The monoisotopic (exact) mass is 288 g/mol. The van der Waals surface area contributed by atoms with Crippen LogP contribution in [-0.4, -0.2) is 36.1 Å². The minimum absolute atomic E-state index is 0.336. The van der Waals surface area contributed by atoms with Crippen molar-refractivity contribution in [3.05, 3.63) is 35.9 Å². The van der Waals surface area contributed by atoms with Crippen LogP contribution >= 0.6 is 0 Å². The van der Waals surface area contributed by atoms with Gasteiger partial charge in [-0.25, -0.2) is 0 Å². The lowest BCUT2D eigenvalue weighted by molar-refractivity contribution is 0.0785. The van der Waals surface area contributed by atoms with Gasteiger partial charge in [-0.2, -0.15) is 0 Å². The van der Waals surface area contributed by atoms with E-state index in [2.05, 4.69) is 68.2 Å². The highest BCUT2D eigenvalue weighted by atomic mass is 15.2. The van der Waals surface area contributed by atoms with Crippen molar-refractivity contribution in [2.24, 2.45) is 0 Å². The summed E-state index contributed by atoms with van der Waals surface area (Å²) in [6, 6.07) is 11.6. The SMILES string of the molecule is CCC1(CC)CN(CCC(C)c2ccccc2)C(C)CN1. The van der Waals surface area contributed by atoms with E-state index in [1.165, 1.54) is 37.9 Å². The van der Waals surface area contributed by atoms with E-state index in [1.807, 2.05) is 0 Å². The van der Waals surface area contributed by atoms with E-state index in [0.29, 0.717) is 17.5 Å². The molecule has 2 heteroatoms. The molecule has 0 amide bonds. The van der Waals surface area contributed by atoms with Crippen molar-refractivity contribution in [2.45, 2.75) is 64.5 Å². The van der Waals surface area contributed by atoms with E-state index in [4.69, 9.17) is 0 Å². The van der Waals surface area contributed by atoms with Gasteiger partial charge in [-0.15, -0.1) is 0 Å². The molecule has 1 heterocycles. The van der Waals surface area contributed by atoms with Gasteiger partial charge in [0.2, 0.25) is 0 Å². The molecule has 0 saturated carbocycles. The van der Waals surface area contributed by atoms with Gasteiger partial charge in [0.15, 0.2) is 0 Å². The third kappa shape index (κ3) is 4.08. The number of piperazine rings is 1. The summed E-state index contributed by atoms with van der Waals surface area (Å²) >= 11 is 0. The predicted molar refractivity (Wildman–Crippen MR) is 91.8 cm³/mol. The largest absolute Gasteiger partial charge is 0.308 e. The normalized spacial score (nSPS) is 23.9. The van der Waals surface area contributed by atoms with Crippen molar-refractivity contribution in [3.8, 4) is 0 Å². The van der Waals surface area contributed by atoms with Gasteiger partial charge in [0.05, 0.1) is 0 Å². The van der Waals surface area contributed by atoms with Crippen LogP contribution < -0.4 is 5.32 Å². The Morgan fingerprint density at radius 2 is 1.90 bits per heavy atom. The molecule has 118 valence electrons. The summed E-state index contributed by atoms with van der Waals surface area (Å²) in [4.78, 5) is 2.70. The van der Waals surface area contributed by atoms with Crippen molar-refractivity contribution < 1.29 is 0 Å². The van der Waals surface area contributed by atoms with Crippen molar-refractivity contribution in [3.63, 3.8) is 0 Å². The second kappa shape index (κ2) is 7.42. The molecule has 0 spiro atoms. The first-order valence-electron chi connectivity index (χ1n) is 8.64. The zero-order chi connectivity index (χ0) is 15.3. The fourth-order valence-corrected chi connectivity index (χ4v) is 3.42. The molecule has 2 unspecified atom stereocenters. The molecule has 1 aliphatic rings. The van der Waals surface area contributed by atoms with Crippen LogP contribution in [0.1, 0.15) is 58.4 Å². The quantitative estimate of drug-likeness (QED) is 0.850. The van der Waals surface area contributed by atoms with Gasteiger partial charge in [0.25, 0.3) is 0 Å². The summed E-state index contributed by atoms with van der Waals surface area (Å²) in [5, 5.41) is 3.79. The maximum atomic E-state index is 3.79. The van der Waals surface area contributed by atoms with Gasteiger partial charge < -0.3 is 5.32 Å². The molecule has 2 atom stereocenters. The van der Waals surface area contributed by atoms with Crippen molar-refractivity contribution in [2.75, 3.05) is 19.6 Å². The van der Waals surface area contributed by atoms with Crippen LogP contribution in [0.4, 0.5) is 0 Å². The summed E-state index contributed by atoms with van der Waals surface area (Å²) in [7, 11) is 0. The molecule has 1 aromatic rings. The Hall–Kier alpha value is -0.860. The lowest BCUT2D eigenvalue weighted by Crippen LogP contribution is -2.63. The Bertz CT molecular complexity index is 411. The van der Waals surface area contributed by atoms with E-state index >= 15 is 0 Å². The average molecular weight is 288 g/mol. The summed E-state index contributed by atoms with van der Waals surface area (Å²) < 4.78 is 0. The number of benzene rings is 1. The Balaban J connectivity index is 1.92. The molecule has 0 radical (unpaired) electrons. The molecule has 0 aliphatic carbocycles. The van der Waals surface area contributed by atoms with Gasteiger partial charge in [-0.3, -0.25) is 4.90 Å². The summed E-state index contributed by atoms with van der Waals surface area (Å²) in [5.41, 5.74) is 1.81. The molecule has 1 fully saturated rings. The van der Waals surface area contributed by atoms with Crippen LogP contribution in [0.5, 0.6) is 0 Å². The smallest absolute Gasteiger partial charge is 0.0304 e. The third-order valence-corrected chi connectivity index (χ3v) is 5.47. The van der Waals surface area contributed by atoms with Crippen LogP contribution in [0.15, 0.2) is 30.3 Å². The molecule has 1 aromatic carbocycles. The van der Waals surface area contributed by atoms with E-state index in [-0.39, 0.29) is 0 Å². The topological polar surface area (TPSA) is 15.3 Å². The summed E-state index contributed by atoms with van der Waals surface area (Å²) in [6.07, 6.45) is 3.69. The number of nitrogens with zero attached hydrogens (tertiary/aromatic N) is 1. The maximum Gasteiger partial charge on any atom is 0.0304 e. The first kappa shape index (κ1) is 16.5. The highest BCUT2D eigenvalue weighted by Gasteiger charge is 2.34. The molecule has 2 rings (SSSR count). The van der Waals surface area contributed by atoms with Crippen LogP contribution in [-0.2, 0) is 0 Å². The Morgan fingerprint density at radius 3 is 2.52 bits per heavy atom. The first-order valence-corrected chi connectivity index (χ1v) is 8.64. The fraction of sp³-hybridized carbons (Fsp3) is 0.684. The Morgan fingerprint density at radius 1 is 1.24 bits per heavy atom. The minimum atomic E-state index is 0.336. The first-order chi connectivity index (χ1) is 10.1. The Kier molecular flexibility index (Phi) is 5.83. The van der Waals surface area contributed by atoms with Crippen LogP contribution in [0.2, 0.25) is 0 Å². The third-order valence-electron chi connectivity index (χ3n) is 5.47. The van der Waals surface area contributed by atoms with Crippen molar-refractivity contribution >= 4 is 0 Å². The highest BCUT2D eigenvalue weighted by molar-refractivity contribution is 5.18. The molecule has 1 N–H and O–H groups in total. The van der Waals surface area contributed by atoms with Gasteiger partial charge >= 0.3 is 0 Å². The lowest BCUT2D eigenvalue weighted by atomic mass is 9.88. The molecule has 0 bridgehead atoms. The van der Waals surface area contributed by atoms with Crippen LogP contribution in [0, 0.1) is 0 Å². The number of hydrogen-bond donors (Lipinski definition) is 1. The zero-order valence-electron chi connectivity index (χ0n) is 14.2.